The largest absolute Gasteiger partial charge is 0.484 e. The number of hydrogen-bond donors (Lipinski definition) is 3. The summed E-state index contributed by atoms with van der Waals surface area (Å²) in [6.45, 7) is -0.187. The molecule has 8 heteroatoms. The number of carbonyl (C=O) groups excluding carboxylic acids is 2. The van der Waals surface area contributed by atoms with E-state index in [0.717, 1.165) is 25.7 Å². The Kier molecular flexibility index (Phi) is 7.27. The number of hydrogen-bond acceptors (Lipinski definition) is 4. The van der Waals surface area contributed by atoms with Gasteiger partial charge in [-0.2, -0.15) is 0 Å². The molecule has 0 bridgehead atoms. The second-order valence-corrected chi connectivity index (χ2v) is 6.41. The molecule has 0 spiro atoms. The van der Waals surface area contributed by atoms with Crippen LogP contribution < -0.4 is 20.9 Å². The topological polar surface area (TPSA) is 79.5 Å². The van der Waals surface area contributed by atoms with Crippen LogP contribution in [0.25, 0.3) is 0 Å². The van der Waals surface area contributed by atoms with Gasteiger partial charge in [-0.05, 0) is 49.3 Å². The Hall–Kier alpha value is -1.86. The number of carbonyl (C=O) groups is 2. The van der Waals surface area contributed by atoms with E-state index in [0.29, 0.717) is 10.8 Å². The van der Waals surface area contributed by atoms with E-state index in [1.165, 1.54) is 6.42 Å². The van der Waals surface area contributed by atoms with Crippen molar-refractivity contribution in [3.8, 4) is 5.75 Å². The Morgan fingerprint density at radius 3 is 2.46 bits per heavy atom. The highest BCUT2D eigenvalue weighted by molar-refractivity contribution is 7.80. The first-order valence-corrected chi connectivity index (χ1v) is 8.61. The minimum atomic E-state index is -0.417. The Morgan fingerprint density at radius 2 is 1.79 bits per heavy atom. The first kappa shape index (κ1) is 18.5. The monoisotopic (exact) mass is 369 g/mol. The zero-order chi connectivity index (χ0) is 17.4. The summed E-state index contributed by atoms with van der Waals surface area (Å²) in [5, 5.41) is 3.26. The van der Waals surface area contributed by atoms with Crippen molar-refractivity contribution in [3.63, 3.8) is 0 Å². The SMILES string of the molecule is O=C(COc1ccc(Cl)cc1)NNC(=S)NC(=O)C1CCCCC1. The van der Waals surface area contributed by atoms with E-state index in [2.05, 4.69) is 16.2 Å². The molecule has 0 aliphatic heterocycles. The number of benzene rings is 1. The normalized spacial score (nSPS) is 14.5. The highest BCUT2D eigenvalue weighted by Crippen LogP contribution is 2.23. The summed E-state index contributed by atoms with van der Waals surface area (Å²) in [5.74, 6) is 0.0169. The average molecular weight is 370 g/mol. The Bertz CT molecular complexity index is 589. The van der Waals surface area contributed by atoms with E-state index >= 15 is 0 Å². The van der Waals surface area contributed by atoms with Crippen LogP contribution in [0.5, 0.6) is 5.75 Å². The summed E-state index contributed by atoms with van der Waals surface area (Å²) >= 11 is 10.8. The van der Waals surface area contributed by atoms with Gasteiger partial charge in [0.1, 0.15) is 5.75 Å². The van der Waals surface area contributed by atoms with Gasteiger partial charge in [0.25, 0.3) is 5.91 Å². The molecule has 2 rings (SSSR count). The molecule has 0 aromatic heterocycles. The zero-order valence-electron chi connectivity index (χ0n) is 13.1. The standard InChI is InChI=1S/C16H20ClN3O3S/c17-12-6-8-13(9-7-12)23-10-14(21)19-20-16(24)18-15(22)11-4-2-1-3-5-11/h6-9,11H,1-5,10H2,(H,19,21)(H2,18,20,22,24). The van der Waals surface area contributed by atoms with Crippen LogP contribution in [0.2, 0.25) is 5.02 Å². The van der Waals surface area contributed by atoms with Gasteiger partial charge in [0.2, 0.25) is 5.91 Å². The molecule has 1 aromatic rings. The maximum atomic E-state index is 12.0. The third-order valence-electron chi connectivity index (χ3n) is 3.71. The molecule has 0 saturated heterocycles. The number of hydrazine groups is 1. The predicted octanol–water partition coefficient (Wildman–Crippen LogP) is 2.32. The smallest absolute Gasteiger partial charge is 0.276 e. The van der Waals surface area contributed by atoms with Crippen LogP contribution in [0, 0.1) is 5.92 Å². The van der Waals surface area contributed by atoms with Gasteiger partial charge in [0.15, 0.2) is 11.7 Å². The van der Waals surface area contributed by atoms with E-state index < -0.39 is 5.91 Å². The molecular formula is C16H20ClN3O3S. The second kappa shape index (κ2) is 9.44. The molecule has 1 aliphatic rings. The Balaban J connectivity index is 1.64. The van der Waals surface area contributed by atoms with Crippen molar-refractivity contribution in [1.29, 1.82) is 0 Å². The van der Waals surface area contributed by atoms with Gasteiger partial charge in [0.05, 0.1) is 0 Å². The number of amides is 2. The summed E-state index contributed by atoms with van der Waals surface area (Å²) in [5.41, 5.74) is 4.87. The Labute approximate surface area is 151 Å². The van der Waals surface area contributed by atoms with Gasteiger partial charge >= 0.3 is 0 Å². The lowest BCUT2D eigenvalue weighted by molar-refractivity contribution is -0.125. The summed E-state index contributed by atoms with van der Waals surface area (Å²) in [7, 11) is 0. The number of thiocarbonyl (C=S) groups is 1. The number of nitrogens with one attached hydrogen (secondary N) is 3. The number of rotatable bonds is 4. The predicted molar refractivity (Wildman–Crippen MR) is 95.5 cm³/mol. The van der Waals surface area contributed by atoms with Gasteiger partial charge in [-0.15, -0.1) is 0 Å². The molecule has 3 N–H and O–H groups in total. The van der Waals surface area contributed by atoms with E-state index in [-0.39, 0.29) is 23.5 Å². The maximum Gasteiger partial charge on any atom is 0.276 e. The van der Waals surface area contributed by atoms with E-state index in [9.17, 15) is 9.59 Å². The third-order valence-corrected chi connectivity index (χ3v) is 4.17. The fourth-order valence-electron chi connectivity index (χ4n) is 2.45. The van der Waals surface area contributed by atoms with Crippen molar-refractivity contribution in [2.45, 2.75) is 32.1 Å². The number of ether oxygens (including phenoxy) is 1. The summed E-state index contributed by atoms with van der Waals surface area (Å²) in [6, 6.07) is 6.67. The second-order valence-electron chi connectivity index (χ2n) is 5.57. The molecule has 1 fully saturated rings. The number of halogens is 1. The van der Waals surface area contributed by atoms with Gasteiger partial charge in [-0.3, -0.25) is 20.4 Å². The molecule has 0 radical (unpaired) electrons. The molecule has 0 unspecified atom stereocenters. The maximum absolute atomic E-state index is 12.0. The average Bonchev–Trinajstić information content (AvgIpc) is 2.60. The molecule has 1 aliphatic carbocycles. The highest BCUT2D eigenvalue weighted by atomic mass is 35.5. The molecule has 1 aromatic carbocycles. The van der Waals surface area contributed by atoms with Crippen molar-refractivity contribution in [2.75, 3.05) is 6.61 Å². The van der Waals surface area contributed by atoms with E-state index in [1.807, 2.05) is 0 Å². The lowest BCUT2D eigenvalue weighted by atomic mass is 9.89. The van der Waals surface area contributed by atoms with Gasteiger partial charge in [-0.1, -0.05) is 30.9 Å². The lowest BCUT2D eigenvalue weighted by Crippen LogP contribution is -2.50. The minimum Gasteiger partial charge on any atom is -0.484 e. The van der Waals surface area contributed by atoms with Crippen LogP contribution in [0.4, 0.5) is 0 Å². The molecular weight excluding hydrogens is 350 g/mol. The van der Waals surface area contributed by atoms with E-state index in [4.69, 9.17) is 28.6 Å². The van der Waals surface area contributed by atoms with Crippen molar-refractivity contribution >= 4 is 40.7 Å². The molecule has 6 nitrogen and oxygen atoms in total. The minimum absolute atomic E-state index is 0.00226. The summed E-state index contributed by atoms with van der Waals surface area (Å²) < 4.78 is 5.29. The van der Waals surface area contributed by atoms with Crippen molar-refractivity contribution in [2.24, 2.45) is 5.92 Å². The molecule has 2 amide bonds. The highest BCUT2D eigenvalue weighted by Gasteiger charge is 2.21. The fourth-order valence-corrected chi connectivity index (χ4v) is 2.73. The van der Waals surface area contributed by atoms with Crippen LogP contribution in [-0.4, -0.2) is 23.5 Å². The van der Waals surface area contributed by atoms with Gasteiger partial charge in [-0.25, -0.2) is 0 Å². The zero-order valence-corrected chi connectivity index (χ0v) is 14.7. The van der Waals surface area contributed by atoms with Crippen LogP contribution in [0.15, 0.2) is 24.3 Å². The Morgan fingerprint density at radius 1 is 1.12 bits per heavy atom. The third kappa shape index (κ3) is 6.33. The molecule has 130 valence electrons. The van der Waals surface area contributed by atoms with Crippen LogP contribution >= 0.6 is 23.8 Å². The van der Waals surface area contributed by atoms with Crippen LogP contribution in [0.1, 0.15) is 32.1 Å². The first-order valence-electron chi connectivity index (χ1n) is 7.82. The summed E-state index contributed by atoms with van der Waals surface area (Å²) in [4.78, 5) is 23.7. The van der Waals surface area contributed by atoms with E-state index in [1.54, 1.807) is 24.3 Å². The van der Waals surface area contributed by atoms with Crippen molar-refractivity contribution < 1.29 is 14.3 Å². The van der Waals surface area contributed by atoms with Gasteiger partial charge < -0.3 is 10.1 Å². The molecule has 1 saturated carbocycles. The first-order chi connectivity index (χ1) is 11.5. The quantitative estimate of drug-likeness (QED) is 0.560. The molecule has 0 atom stereocenters. The van der Waals surface area contributed by atoms with Crippen LogP contribution in [0.3, 0.4) is 0 Å². The van der Waals surface area contributed by atoms with Crippen LogP contribution in [-0.2, 0) is 9.59 Å². The van der Waals surface area contributed by atoms with Gasteiger partial charge in [0, 0.05) is 10.9 Å². The lowest BCUT2D eigenvalue weighted by Gasteiger charge is -2.21. The molecule has 24 heavy (non-hydrogen) atoms. The fraction of sp³-hybridized carbons (Fsp3) is 0.438. The van der Waals surface area contributed by atoms with Crippen molar-refractivity contribution in [1.82, 2.24) is 16.2 Å². The molecule has 0 heterocycles. The summed E-state index contributed by atoms with van der Waals surface area (Å²) in [6.07, 6.45) is 5.08. The van der Waals surface area contributed by atoms with Crippen molar-refractivity contribution in [3.05, 3.63) is 29.3 Å².